The Morgan fingerprint density at radius 2 is 1.81 bits per heavy atom. The summed E-state index contributed by atoms with van der Waals surface area (Å²) in [5, 5.41) is 3.38. The van der Waals surface area contributed by atoms with Crippen molar-refractivity contribution in [2.24, 2.45) is 0 Å². The highest BCUT2D eigenvalue weighted by molar-refractivity contribution is 5.55. The van der Waals surface area contributed by atoms with Crippen LogP contribution in [0.2, 0.25) is 0 Å². The molecule has 2 aromatic carbocycles. The highest BCUT2D eigenvalue weighted by atomic mass is 19.2. The van der Waals surface area contributed by atoms with Crippen LogP contribution in [0.1, 0.15) is 30.4 Å². The molecule has 0 spiro atoms. The molecular weight excluding hydrogens is 275 g/mol. The molecule has 0 radical (unpaired) electrons. The number of anilines is 1. The zero-order valence-electron chi connectivity index (χ0n) is 11.7. The maximum atomic E-state index is 13.9. The minimum absolute atomic E-state index is 0.0943. The third-order valence-electron chi connectivity index (χ3n) is 4.02. The first-order valence-corrected chi connectivity index (χ1v) is 7.04. The molecule has 1 aliphatic heterocycles. The van der Waals surface area contributed by atoms with E-state index in [2.05, 4.69) is 12.2 Å². The van der Waals surface area contributed by atoms with Crippen LogP contribution in [0, 0.1) is 17.5 Å². The number of hydrogen-bond donors (Lipinski definition) is 1. The lowest BCUT2D eigenvalue weighted by atomic mass is 9.83. The molecule has 2 aromatic rings. The van der Waals surface area contributed by atoms with E-state index in [-0.39, 0.29) is 17.5 Å². The molecule has 0 amide bonds. The highest BCUT2D eigenvalue weighted by Gasteiger charge is 2.25. The third-order valence-corrected chi connectivity index (χ3v) is 4.02. The molecular formula is C17H16F3N. The van der Waals surface area contributed by atoms with Gasteiger partial charge in [-0.2, -0.15) is 0 Å². The van der Waals surface area contributed by atoms with Crippen molar-refractivity contribution >= 4 is 5.69 Å². The number of benzene rings is 2. The minimum atomic E-state index is -1.39. The topological polar surface area (TPSA) is 12.0 Å². The smallest absolute Gasteiger partial charge is 0.194 e. The molecule has 21 heavy (non-hydrogen) atoms. The minimum Gasteiger partial charge on any atom is -0.382 e. The van der Waals surface area contributed by atoms with Gasteiger partial charge in [-0.15, -0.1) is 0 Å². The van der Waals surface area contributed by atoms with Crippen LogP contribution in [0.4, 0.5) is 18.9 Å². The molecule has 0 saturated carbocycles. The van der Waals surface area contributed by atoms with Crippen LogP contribution in [0.15, 0.2) is 36.4 Å². The van der Waals surface area contributed by atoms with Gasteiger partial charge in [0.2, 0.25) is 0 Å². The predicted molar refractivity (Wildman–Crippen MR) is 76.9 cm³/mol. The van der Waals surface area contributed by atoms with E-state index in [1.807, 2.05) is 24.3 Å². The standard InChI is InChI=1S/C17H16F3N/c1-10-8-12(13-4-2-3-5-15(13)21-10)9-11-6-7-14(18)17(20)16(11)19/h2-7,10,12,21H,8-9H2,1H3. The van der Waals surface area contributed by atoms with Crippen molar-refractivity contribution in [3.63, 3.8) is 0 Å². The van der Waals surface area contributed by atoms with Gasteiger partial charge in [-0.3, -0.25) is 0 Å². The molecule has 1 nitrogen and oxygen atoms in total. The maximum Gasteiger partial charge on any atom is 0.194 e. The molecule has 0 bridgehead atoms. The summed E-state index contributed by atoms with van der Waals surface area (Å²) < 4.78 is 40.2. The summed E-state index contributed by atoms with van der Waals surface area (Å²) in [6.45, 7) is 2.06. The largest absolute Gasteiger partial charge is 0.382 e. The van der Waals surface area contributed by atoms with Crippen molar-refractivity contribution in [1.29, 1.82) is 0 Å². The lowest BCUT2D eigenvalue weighted by molar-refractivity contribution is 0.435. The summed E-state index contributed by atoms with van der Waals surface area (Å²) in [7, 11) is 0. The molecule has 4 heteroatoms. The average Bonchev–Trinajstić information content (AvgIpc) is 2.47. The highest BCUT2D eigenvalue weighted by Crippen LogP contribution is 2.36. The van der Waals surface area contributed by atoms with Crippen molar-refractivity contribution in [1.82, 2.24) is 0 Å². The molecule has 1 aliphatic rings. The van der Waals surface area contributed by atoms with Crippen LogP contribution < -0.4 is 5.32 Å². The van der Waals surface area contributed by atoms with E-state index < -0.39 is 17.5 Å². The average molecular weight is 291 g/mol. The molecule has 3 rings (SSSR count). The number of hydrogen-bond acceptors (Lipinski definition) is 1. The van der Waals surface area contributed by atoms with E-state index in [0.29, 0.717) is 6.42 Å². The first-order valence-electron chi connectivity index (χ1n) is 7.04. The molecule has 2 atom stereocenters. The predicted octanol–water partition coefficient (Wildman–Crippen LogP) is 4.63. The van der Waals surface area contributed by atoms with Crippen molar-refractivity contribution in [3.8, 4) is 0 Å². The summed E-state index contributed by atoms with van der Waals surface area (Å²) in [5.41, 5.74) is 2.35. The van der Waals surface area contributed by atoms with Crippen molar-refractivity contribution in [2.45, 2.75) is 31.7 Å². The third kappa shape index (κ3) is 2.62. The second-order valence-electron chi connectivity index (χ2n) is 5.60. The van der Waals surface area contributed by atoms with E-state index in [1.54, 1.807) is 0 Å². The number of para-hydroxylation sites is 1. The van der Waals surface area contributed by atoms with Crippen molar-refractivity contribution in [3.05, 3.63) is 65.0 Å². The quantitative estimate of drug-likeness (QED) is 0.795. The van der Waals surface area contributed by atoms with E-state index in [1.165, 1.54) is 6.07 Å². The SMILES string of the molecule is CC1CC(Cc2ccc(F)c(F)c2F)c2ccccc2N1. The Kier molecular flexibility index (Phi) is 3.62. The summed E-state index contributed by atoms with van der Waals surface area (Å²) in [6, 6.07) is 10.5. The number of nitrogens with one attached hydrogen (secondary N) is 1. The molecule has 110 valence electrons. The first-order chi connectivity index (χ1) is 10.1. The fraction of sp³-hybridized carbons (Fsp3) is 0.294. The van der Waals surface area contributed by atoms with Crippen LogP contribution in [-0.4, -0.2) is 6.04 Å². The summed E-state index contributed by atoms with van der Waals surface area (Å²) in [6.07, 6.45) is 1.20. The monoisotopic (exact) mass is 291 g/mol. The van der Waals surface area contributed by atoms with Crippen LogP contribution in [0.3, 0.4) is 0 Å². The van der Waals surface area contributed by atoms with E-state index in [0.717, 1.165) is 23.7 Å². The lowest BCUT2D eigenvalue weighted by Gasteiger charge is -2.31. The second kappa shape index (κ2) is 5.43. The fourth-order valence-electron chi connectivity index (χ4n) is 3.04. The molecule has 2 unspecified atom stereocenters. The Morgan fingerprint density at radius 3 is 2.62 bits per heavy atom. The van der Waals surface area contributed by atoms with Gasteiger partial charge in [0.25, 0.3) is 0 Å². The Balaban J connectivity index is 1.94. The zero-order chi connectivity index (χ0) is 15.0. The van der Waals surface area contributed by atoms with Crippen LogP contribution in [0.5, 0.6) is 0 Å². The van der Waals surface area contributed by atoms with Crippen molar-refractivity contribution in [2.75, 3.05) is 5.32 Å². The number of halogens is 3. The van der Waals surface area contributed by atoms with Gasteiger partial charge in [-0.05, 0) is 48.9 Å². The van der Waals surface area contributed by atoms with Crippen molar-refractivity contribution < 1.29 is 13.2 Å². The Hall–Kier alpha value is -1.97. The van der Waals surface area contributed by atoms with Crippen LogP contribution >= 0.6 is 0 Å². The second-order valence-corrected chi connectivity index (χ2v) is 5.60. The molecule has 0 aromatic heterocycles. The van der Waals surface area contributed by atoms with E-state index in [9.17, 15) is 13.2 Å². The molecule has 1 heterocycles. The lowest BCUT2D eigenvalue weighted by Crippen LogP contribution is -2.26. The summed E-state index contributed by atoms with van der Waals surface area (Å²) >= 11 is 0. The van der Waals surface area contributed by atoms with Gasteiger partial charge in [-0.25, -0.2) is 13.2 Å². The first kappa shape index (κ1) is 14.0. The molecule has 0 saturated heterocycles. The van der Waals surface area contributed by atoms with E-state index >= 15 is 0 Å². The summed E-state index contributed by atoms with van der Waals surface area (Å²) in [4.78, 5) is 0. The Morgan fingerprint density at radius 1 is 1.05 bits per heavy atom. The van der Waals surface area contributed by atoms with E-state index in [4.69, 9.17) is 0 Å². The maximum absolute atomic E-state index is 13.9. The Labute approximate surface area is 121 Å². The molecule has 0 fully saturated rings. The van der Waals surface area contributed by atoms with Gasteiger partial charge in [0.15, 0.2) is 17.5 Å². The number of fused-ring (bicyclic) bond motifs is 1. The van der Waals surface area contributed by atoms with Crippen LogP contribution in [0.25, 0.3) is 0 Å². The van der Waals surface area contributed by atoms with Gasteiger partial charge < -0.3 is 5.32 Å². The summed E-state index contributed by atoms with van der Waals surface area (Å²) in [5.74, 6) is -3.51. The number of rotatable bonds is 2. The Bertz CT molecular complexity index is 669. The zero-order valence-corrected chi connectivity index (χ0v) is 11.7. The van der Waals surface area contributed by atoms with Gasteiger partial charge >= 0.3 is 0 Å². The van der Waals surface area contributed by atoms with Gasteiger partial charge in [0.1, 0.15) is 0 Å². The van der Waals surface area contributed by atoms with Gasteiger partial charge in [0, 0.05) is 11.7 Å². The van der Waals surface area contributed by atoms with Gasteiger partial charge in [0.05, 0.1) is 0 Å². The molecule has 1 N–H and O–H groups in total. The van der Waals surface area contributed by atoms with Gasteiger partial charge in [-0.1, -0.05) is 24.3 Å². The van der Waals surface area contributed by atoms with Crippen LogP contribution in [-0.2, 0) is 6.42 Å². The normalized spacial score (nSPS) is 20.8. The molecule has 0 aliphatic carbocycles. The fourth-order valence-corrected chi connectivity index (χ4v) is 3.04.